The van der Waals surface area contributed by atoms with E-state index in [1.54, 1.807) is 0 Å². The highest BCUT2D eigenvalue weighted by Gasteiger charge is 2.45. The molecular formula is C58H111NO3. The van der Waals surface area contributed by atoms with Gasteiger partial charge in [0.15, 0.2) is 0 Å². The molecule has 4 heteroatoms. The zero-order chi connectivity index (χ0) is 45.3. The third-order valence-corrected chi connectivity index (χ3v) is 13.9. The van der Waals surface area contributed by atoms with Crippen molar-refractivity contribution < 1.29 is 14.7 Å². The molecule has 0 aromatic carbocycles. The van der Waals surface area contributed by atoms with Gasteiger partial charge >= 0.3 is 5.97 Å². The Hall–Kier alpha value is -1.58. The Bertz CT molecular complexity index is 989. The maximum absolute atomic E-state index is 13.2. The summed E-state index contributed by atoms with van der Waals surface area (Å²) in [7, 11) is 0. The molecule has 0 spiro atoms. The van der Waals surface area contributed by atoms with Crippen molar-refractivity contribution >= 4 is 11.9 Å². The predicted octanol–water partition coefficient (Wildman–Crippen LogP) is 19.7. The maximum atomic E-state index is 13.2. The van der Waals surface area contributed by atoms with E-state index in [1.807, 2.05) is 12.2 Å². The van der Waals surface area contributed by atoms with Crippen LogP contribution < -0.4 is 5.73 Å². The van der Waals surface area contributed by atoms with Crippen LogP contribution in [0.15, 0.2) is 24.3 Å². The molecule has 2 unspecified atom stereocenters. The van der Waals surface area contributed by atoms with Gasteiger partial charge in [0.25, 0.3) is 0 Å². The summed E-state index contributed by atoms with van der Waals surface area (Å²) in [5.41, 5.74) is 4.79. The summed E-state index contributed by atoms with van der Waals surface area (Å²) in [5.74, 6) is -2.24. The van der Waals surface area contributed by atoms with Gasteiger partial charge in [0.1, 0.15) is 5.41 Å². The molecule has 2 atom stereocenters. The van der Waals surface area contributed by atoms with Gasteiger partial charge in [-0.1, -0.05) is 315 Å². The predicted molar refractivity (Wildman–Crippen MR) is 275 cm³/mol. The fraction of sp³-hybridized carbons (Fsp3) is 0.897. The number of carboxylic acid groups (broad SMARTS) is 1. The number of hydrogen-bond acceptors (Lipinski definition) is 2. The molecule has 0 aliphatic heterocycles. The molecular weight excluding hydrogens is 759 g/mol. The average Bonchev–Trinajstić information content (AvgIpc) is 3.26. The Labute approximate surface area is 389 Å². The van der Waals surface area contributed by atoms with Crippen LogP contribution in [0.1, 0.15) is 323 Å². The Morgan fingerprint density at radius 3 is 0.887 bits per heavy atom. The van der Waals surface area contributed by atoms with Crippen molar-refractivity contribution in [1.82, 2.24) is 0 Å². The molecule has 62 heavy (non-hydrogen) atoms. The molecule has 0 saturated heterocycles. The molecule has 0 aromatic rings. The summed E-state index contributed by atoms with van der Waals surface area (Å²) in [5, 5.41) is 10.8. The summed E-state index contributed by atoms with van der Waals surface area (Å²) < 4.78 is 0. The number of carbonyl (C=O) groups excluding carboxylic acids is 1. The lowest BCUT2D eigenvalue weighted by Crippen LogP contribution is -2.43. The third kappa shape index (κ3) is 38.8. The van der Waals surface area contributed by atoms with Crippen LogP contribution >= 0.6 is 0 Å². The van der Waals surface area contributed by atoms with Crippen LogP contribution in [-0.2, 0) is 9.59 Å². The van der Waals surface area contributed by atoms with E-state index in [0.29, 0.717) is 6.42 Å². The van der Waals surface area contributed by atoms with Crippen LogP contribution in [0.4, 0.5) is 0 Å². The molecule has 0 aliphatic rings. The van der Waals surface area contributed by atoms with E-state index in [9.17, 15) is 14.7 Å². The van der Waals surface area contributed by atoms with E-state index in [1.165, 1.54) is 250 Å². The Kier molecular flexibility index (Phi) is 47.6. The van der Waals surface area contributed by atoms with Crippen LogP contribution in [0.2, 0.25) is 0 Å². The van der Waals surface area contributed by atoms with Crippen molar-refractivity contribution in [2.45, 2.75) is 323 Å². The molecule has 3 N–H and O–H groups in total. The SMILES string of the molecule is CCCCCCCCCCCCCCC=CC(C(N)=O)C(C=CCCCCCCCCCCCCCCCCCC)(CCCCCCCCCCCCCCCCCC)C(=O)O. The zero-order valence-electron chi connectivity index (χ0n) is 42.5. The highest BCUT2D eigenvalue weighted by molar-refractivity contribution is 5.89. The molecule has 0 heterocycles. The molecule has 0 bridgehead atoms. The van der Waals surface area contributed by atoms with Gasteiger partial charge in [-0.2, -0.15) is 0 Å². The first-order valence-electron chi connectivity index (χ1n) is 28.3. The molecule has 366 valence electrons. The number of nitrogens with two attached hydrogens (primary N) is 1. The number of hydrogen-bond donors (Lipinski definition) is 2. The zero-order valence-corrected chi connectivity index (χ0v) is 42.5. The van der Waals surface area contributed by atoms with Crippen LogP contribution in [0, 0.1) is 11.3 Å². The van der Waals surface area contributed by atoms with Gasteiger partial charge in [0.2, 0.25) is 5.91 Å². The number of allylic oxidation sites excluding steroid dienone is 2. The second-order valence-electron chi connectivity index (χ2n) is 19.9. The molecule has 0 aromatic heterocycles. The van der Waals surface area contributed by atoms with Crippen molar-refractivity contribution in [3.8, 4) is 0 Å². The van der Waals surface area contributed by atoms with Gasteiger partial charge in [-0.3, -0.25) is 9.59 Å². The number of unbranched alkanes of at least 4 members (excludes halogenated alkanes) is 43. The summed E-state index contributed by atoms with van der Waals surface area (Å²) in [6.45, 7) is 6.85. The maximum Gasteiger partial charge on any atom is 0.314 e. The fourth-order valence-corrected chi connectivity index (χ4v) is 9.58. The highest BCUT2D eigenvalue weighted by atomic mass is 16.4. The molecule has 0 saturated carbocycles. The number of carboxylic acids is 1. The van der Waals surface area contributed by atoms with Crippen molar-refractivity contribution in [1.29, 1.82) is 0 Å². The minimum absolute atomic E-state index is 0.465. The van der Waals surface area contributed by atoms with Crippen LogP contribution in [0.3, 0.4) is 0 Å². The minimum Gasteiger partial charge on any atom is -0.481 e. The average molecular weight is 871 g/mol. The lowest BCUT2D eigenvalue weighted by atomic mass is 9.70. The minimum atomic E-state index is -1.27. The Morgan fingerprint density at radius 2 is 0.629 bits per heavy atom. The van der Waals surface area contributed by atoms with E-state index in [0.717, 1.165) is 44.9 Å². The lowest BCUT2D eigenvalue weighted by molar-refractivity contribution is -0.151. The second-order valence-corrected chi connectivity index (χ2v) is 19.9. The summed E-state index contributed by atoms with van der Waals surface area (Å²) in [6.07, 6.45) is 67.9. The number of rotatable bonds is 52. The van der Waals surface area contributed by atoms with E-state index < -0.39 is 23.2 Å². The van der Waals surface area contributed by atoms with E-state index in [2.05, 4.69) is 32.9 Å². The second kappa shape index (κ2) is 48.9. The monoisotopic (exact) mass is 870 g/mol. The van der Waals surface area contributed by atoms with E-state index >= 15 is 0 Å². The van der Waals surface area contributed by atoms with E-state index in [4.69, 9.17) is 5.73 Å². The molecule has 0 fully saturated rings. The first-order chi connectivity index (χ1) is 30.5. The largest absolute Gasteiger partial charge is 0.481 e. The Balaban J connectivity index is 4.83. The van der Waals surface area contributed by atoms with Gasteiger partial charge in [-0.15, -0.1) is 0 Å². The normalized spacial score (nSPS) is 13.4. The lowest BCUT2D eigenvalue weighted by Gasteiger charge is -2.31. The van der Waals surface area contributed by atoms with Crippen molar-refractivity contribution in [3.63, 3.8) is 0 Å². The molecule has 4 nitrogen and oxygen atoms in total. The van der Waals surface area contributed by atoms with Crippen LogP contribution in [-0.4, -0.2) is 17.0 Å². The smallest absolute Gasteiger partial charge is 0.314 e. The topological polar surface area (TPSA) is 80.4 Å². The standard InChI is InChI=1S/C58H111NO3/c1-4-7-10-13-16-19-22-25-28-30-31-33-36-39-42-45-48-51-54-58(57(61)62,53-50-47-44-41-38-35-32-29-26-23-20-17-14-11-8-5-2)55(56(59)60)52-49-46-43-40-37-34-27-24-21-18-15-12-9-6-3/h49,51-52,54-55H,4-48,50,53H2,1-3H3,(H2,59,60)(H,61,62). The summed E-state index contributed by atoms with van der Waals surface area (Å²) >= 11 is 0. The summed E-state index contributed by atoms with van der Waals surface area (Å²) in [4.78, 5) is 26.3. The molecule has 1 amide bonds. The number of aliphatic carboxylic acids is 1. The van der Waals surface area contributed by atoms with Crippen LogP contribution in [0.5, 0.6) is 0 Å². The first-order valence-corrected chi connectivity index (χ1v) is 28.3. The number of amides is 1. The number of carbonyl (C=O) groups is 2. The third-order valence-electron chi connectivity index (χ3n) is 13.9. The van der Waals surface area contributed by atoms with Crippen molar-refractivity contribution in [2.24, 2.45) is 17.1 Å². The molecule has 0 aliphatic carbocycles. The van der Waals surface area contributed by atoms with Crippen molar-refractivity contribution in [2.75, 3.05) is 0 Å². The first kappa shape index (κ1) is 60.4. The highest BCUT2D eigenvalue weighted by Crippen LogP contribution is 2.38. The van der Waals surface area contributed by atoms with Gasteiger partial charge in [-0.25, -0.2) is 0 Å². The quantitative estimate of drug-likeness (QED) is 0.0472. The van der Waals surface area contributed by atoms with Crippen LogP contribution in [0.25, 0.3) is 0 Å². The van der Waals surface area contributed by atoms with E-state index in [-0.39, 0.29) is 0 Å². The van der Waals surface area contributed by atoms with Crippen molar-refractivity contribution in [3.05, 3.63) is 24.3 Å². The fourth-order valence-electron chi connectivity index (χ4n) is 9.58. The van der Waals surface area contributed by atoms with Gasteiger partial charge < -0.3 is 10.8 Å². The number of primary amides is 1. The summed E-state index contributed by atoms with van der Waals surface area (Å²) in [6, 6.07) is 0. The molecule has 0 rings (SSSR count). The molecule has 0 radical (unpaired) electrons. The Morgan fingerprint density at radius 1 is 0.387 bits per heavy atom. The van der Waals surface area contributed by atoms with Gasteiger partial charge in [0, 0.05) is 0 Å². The van der Waals surface area contributed by atoms with Gasteiger partial charge in [-0.05, 0) is 32.1 Å². The van der Waals surface area contributed by atoms with Gasteiger partial charge in [0.05, 0.1) is 5.92 Å².